The summed E-state index contributed by atoms with van der Waals surface area (Å²) in [4.78, 5) is 31.4. The van der Waals surface area contributed by atoms with E-state index in [0.29, 0.717) is 34.4 Å². The number of aryl methyl sites for hydroxylation is 1. The van der Waals surface area contributed by atoms with Crippen LogP contribution in [0.15, 0.2) is 41.8 Å². The van der Waals surface area contributed by atoms with Crippen LogP contribution in [0, 0.1) is 6.92 Å². The van der Waals surface area contributed by atoms with Gasteiger partial charge in [-0.15, -0.1) is 11.3 Å². The predicted molar refractivity (Wildman–Crippen MR) is 120 cm³/mol. The van der Waals surface area contributed by atoms with Crippen LogP contribution in [-0.2, 0) is 4.79 Å². The Morgan fingerprint density at radius 1 is 1.27 bits per heavy atom. The molecule has 0 saturated carbocycles. The number of carbonyl (C=O) groups is 2. The number of anilines is 2. The first-order valence-electron chi connectivity index (χ1n) is 9.48. The molecule has 0 bridgehead atoms. The molecule has 0 spiro atoms. The number of aromatic nitrogens is 1. The normalized spacial score (nSPS) is 13.6. The highest BCUT2D eigenvalue weighted by molar-refractivity contribution is 7.14. The second-order valence-electron chi connectivity index (χ2n) is 7.01. The van der Waals surface area contributed by atoms with Crippen LogP contribution in [0.4, 0.5) is 10.8 Å². The Kier molecular flexibility index (Phi) is 5.74. The summed E-state index contributed by atoms with van der Waals surface area (Å²) in [5.41, 5.74) is 3.59. The molecule has 1 aliphatic heterocycles. The third-order valence-electron chi connectivity index (χ3n) is 4.92. The zero-order valence-corrected chi connectivity index (χ0v) is 18.1. The highest BCUT2D eigenvalue weighted by atomic mass is 35.5. The van der Waals surface area contributed by atoms with Crippen molar-refractivity contribution in [3.63, 3.8) is 0 Å². The fraction of sp³-hybridized carbons (Fsp3) is 0.227. The summed E-state index contributed by atoms with van der Waals surface area (Å²) in [5, 5.41) is 5.66. The van der Waals surface area contributed by atoms with E-state index in [9.17, 15) is 9.59 Å². The van der Waals surface area contributed by atoms with Gasteiger partial charge in [0.25, 0.3) is 5.91 Å². The van der Waals surface area contributed by atoms with E-state index in [1.54, 1.807) is 30.2 Å². The molecular weight excluding hydrogens is 422 g/mol. The monoisotopic (exact) mass is 441 g/mol. The number of halogens is 1. The van der Waals surface area contributed by atoms with Crippen LogP contribution in [0.25, 0.3) is 11.3 Å². The molecule has 4 rings (SSSR count). The fourth-order valence-corrected chi connectivity index (χ4v) is 4.34. The number of rotatable bonds is 5. The minimum atomic E-state index is -0.335. The zero-order chi connectivity index (χ0) is 21.3. The summed E-state index contributed by atoms with van der Waals surface area (Å²) in [6.45, 7) is 2.58. The number of hydrogen-bond acceptors (Lipinski definition) is 5. The third kappa shape index (κ3) is 4.04. The van der Waals surface area contributed by atoms with Crippen molar-refractivity contribution in [2.45, 2.75) is 19.8 Å². The quantitative estimate of drug-likeness (QED) is 0.593. The smallest absolute Gasteiger partial charge is 0.259 e. The van der Waals surface area contributed by atoms with E-state index in [-0.39, 0.29) is 11.8 Å². The maximum atomic E-state index is 13.0. The molecule has 1 saturated heterocycles. The van der Waals surface area contributed by atoms with Crippen molar-refractivity contribution in [2.75, 3.05) is 23.9 Å². The zero-order valence-electron chi connectivity index (χ0n) is 16.6. The van der Waals surface area contributed by atoms with Crippen molar-refractivity contribution in [3.8, 4) is 17.0 Å². The van der Waals surface area contributed by atoms with Gasteiger partial charge < -0.3 is 9.64 Å². The largest absolute Gasteiger partial charge is 0.496 e. The van der Waals surface area contributed by atoms with Crippen LogP contribution in [0.5, 0.6) is 5.75 Å². The van der Waals surface area contributed by atoms with E-state index in [1.807, 2.05) is 30.5 Å². The van der Waals surface area contributed by atoms with E-state index in [2.05, 4.69) is 10.3 Å². The molecule has 2 amide bonds. The minimum Gasteiger partial charge on any atom is -0.496 e. The van der Waals surface area contributed by atoms with Gasteiger partial charge in [-0.25, -0.2) is 4.98 Å². The molecule has 2 heterocycles. The molecule has 1 N–H and O–H groups in total. The number of amides is 2. The Morgan fingerprint density at radius 2 is 2.10 bits per heavy atom. The van der Waals surface area contributed by atoms with Crippen LogP contribution >= 0.6 is 22.9 Å². The molecule has 30 heavy (non-hydrogen) atoms. The van der Waals surface area contributed by atoms with Gasteiger partial charge in [-0.05, 0) is 43.7 Å². The van der Waals surface area contributed by atoms with Gasteiger partial charge in [0.2, 0.25) is 5.91 Å². The number of benzene rings is 2. The average molecular weight is 442 g/mol. The van der Waals surface area contributed by atoms with Crippen molar-refractivity contribution in [2.24, 2.45) is 0 Å². The van der Waals surface area contributed by atoms with Crippen LogP contribution in [0.1, 0.15) is 28.8 Å². The summed E-state index contributed by atoms with van der Waals surface area (Å²) in [6.07, 6.45) is 1.24. The molecule has 0 aliphatic carbocycles. The summed E-state index contributed by atoms with van der Waals surface area (Å²) in [5.74, 6) is 0.379. The van der Waals surface area contributed by atoms with Crippen molar-refractivity contribution < 1.29 is 14.3 Å². The lowest BCUT2D eigenvalue weighted by Crippen LogP contribution is -2.27. The van der Waals surface area contributed by atoms with E-state index >= 15 is 0 Å². The number of nitrogens with one attached hydrogen (secondary N) is 1. The summed E-state index contributed by atoms with van der Waals surface area (Å²) in [6, 6.07) is 10.8. The predicted octanol–water partition coefficient (Wildman–Crippen LogP) is 5.16. The van der Waals surface area contributed by atoms with Crippen LogP contribution in [-0.4, -0.2) is 30.5 Å². The molecule has 0 radical (unpaired) electrons. The van der Waals surface area contributed by atoms with Crippen LogP contribution in [0.2, 0.25) is 5.02 Å². The SMILES string of the molecule is COc1ccc(C)cc1-c1csc(NC(=O)c2ccc(Cl)cc2N2CCCC2=O)n1. The van der Waals surface area contributed by atoms with Crippen molar-refractivity contribution in [3.05, 3.63) is 57.9 Å². The molecule has 2 aromatic carbocycles. The average Bonchev–Trinajstić information content (AvgIpc) is 3.36. The van der Waals surface area contributed by atoms with Gasteiger partial charge in [-0.3, -0.25) is 14.9 Å². The van der Waals surface area contributed by atoms with Gasteiger partial charge in [-0.1, -0.05) is 23.2 Å². The number of ether oxygens (including phenoxy) is 1. The minimum absolute atomic E-state index is 0.00519. The molecule has 1 fully saturated rings. The number of thiazole rings is 1. The number of hydrogen-bond donors (Lipinski definition) is 1. The second kappa shape index (κ2) is 8.45. The Hall–Kier alpha value is -2.90. The van der Waals surface area contributed by atoms with Crippen molar-refractivity contribution in [1.29, 1.82) is 0 Å². The molecule has 154 valence electrons. The molecule has 0 unspecified atom stereocenters. The van der Waals surface area contributed by atoms with E-state index in [0.717, 1.165) is 29.0 Å². The Bertz CT molecular complexity index is 1130. The molecule has 6 nitrogen and oxygen atoms in total. The lowest BCUT2D eigenvalue weighted by atomic mass is 10.1. The number of methoxy groups -OCH3 is 1. The summed E-state index contributed by atoms with van der Waals surface area (Å²) < 4.78 is 5.44. The lowest BCUT2D eigenvalue weighted by Gasteiger charge is -2.19. The Labute approximate surface area is 183 Å². The number of nitrogens with zero attached hydrogens (tertiary/aromatic N) is 2. The van der Waals surface area contributed by atoms with Gasteiger partial charge >= 0.3 is 0 Å². The first-order valence-corrected chi connectivity index (χ1v) is 10.7. The third-order valence-corrected chi connectivity index (χ3v) is 5.92. The van der Waals surface area contributed by atoms with Crippen molar-refractivity contribution in [1.82, 2.24) is 4.98 Å². The van der Waals surface area contributed by atoms with Gasteiger partial charge in [-0.2, -0.15) is 0 Å². The molecular formula is C22H20ClN3O3S. The fourth-order valence-electron chi connectivity index (χ4n) is 3.46. The van der Waals surface area contributed by atoms with E-state index in [4.69, 9.17) is 16.3 Å². The van der Waals surface area contributed by atoms with Crippen LogP contribution in [0.3, 0.4) is 0 Å². The molecule has 3 aromatic rings. The van der Waals surface area contributed by atoms with Gasteiger partial charge in [0.1, 0.15) is 5.75 Å². The molecule has 1 aromatic heterocycles. The van der Waals surface area contributed by atoms with Crippen LogP contribution < -0.4 is 15.0 Å². The van der Waals surface area contributed by atoms with Gasteiger partial charge in [0.15, 0.2) is 5.13 Å². The first kappa shape index (κ1) is 20.4. The second-order valence-corrected chi connectivity index (χ2v) is 8.30. The Balaban J connectivity index is 1.61. The lowest BCUT2D eigenvalue weighted by molar-refractivity contribution is -0.117. The topological polar surface area (TPSA) is 71.5 Å². The first-order chi connectivity index (χ1) is 14.5. The molecule has 1 aliphatic rings. The van der Waals surface area contributed by atoms with E-state index < -0.39 is 0 Å². The Morgan fingerprint density at radius 3 is 2.83 bits per heavy atom. The standard InChI is InChI=1S/C22H20ClN3O3S/c1-13-5-8-19(29-2)16(10-13)17-12-30-22(24-17)25-21(28)15-7-6-14(23)11-18(15)26-9-3-4-20(26)27/h5-8,10-12H,3-4,9H2,1-2H3,(H,24,25,28). The van der Waals surface area contributed by atoms with Gasteiger partial charge in [0, 0.05) is 28.9 Å². The maximum Gasteiger partial charge on any atom is 0.259 e. The summed E-state index contributed by atoms with van der Waals surface area (Å²) >= 11 is 7.46. The van der Waals surface area contributed by atoms with Crippen molar-refractivity contribution >= 4 is 45.6 Å². The molecule has 8 heteroatoms. The number of carbonyl (C=O) groups excluding carboxylic acids is 2. The highest BCUT2D eigenvalue weighted by Gasteiger charge is 2.26. The van der Waals surface area contributed by atoms with Gasteiger partial charge in [0.05, 0.1) is 24.1 Å². The highest BCUT2D eigenvalue weighted by Crippen LogP contribution is 2.34. The maximum absolute atomic E-state index is 13.0. The molecule has 0 atom stereocenters. The van der Waals surface area contributed by atoms with E-state index in [1.165, 1.54) is 11.3 Å². The summed E-state index contributed by atoms with van der Waals surface area (Å²) in [7, 11) is 1.62.